The van der Waals surface area contributed by atoms with Crippen molar-refractivity contribution in [1.29, 1.82) is 0 Å². The maximum atomic E-state index is 15.0. The van der Waals surface area contributed by atoms with Crippen LogP contribution >= 0.6 is 0 Å². The lowest BCUT2D eigenvalue weighted by Crippen LogP contribution is -2.19. The minimum absolute atomic E-state index is 0.0175. The van der Waals surface area contributed by atoms with Crippen molar-refractivity contribution in [3.63, 3.8) is 0 Å². The highest BCUT2D eigenvalue weighted by atomic mass is 19.1. The largest absolute Gasteiger partial charge is 0.382 e. The molecule has 1 aromatic carbocycles. The average Bonchev–Trinajstić information content (AvgIpc) is 3.28. The van der Waals surface area contributed by atoms with E-state index in [4.69, 9.17) is 4.74 Å². The summed E-state index contributed by atoms with van der Waals surface area (Å²) in [5, 5.41) is 10.1. The van der Waals surface area contributed by atoms with Gasteiger partial charge < -0.3 is 9.84 Å². The predicted molar refractivity (Wildman–Crippen MR) is 119 cm³/mol. The molecule has 4 aromatic rings. The van der Waals surface area contributed by atoms with E-state index in [9.17, 15) is 5.11 Å². The molecule has 0 fully saturated rings. The van der Waals surface area contributed by atoms with Crippen LogP contribution in [0.3, 0.4) is 0 Å². The number of halogens is 1. The Morgan fingerprint density at radius 3 is 2.50 bits per heavy atom. The van der Waals surface area contributed by atoms with Gasteiger partial charge in [0.15, 0.2) is 5.82 Å². The minimum atomic E-state index is -1.17. The number of imidazole rings is 1. The van der Waals surface area contributed by atoms with E-state index < -0.39 is 11.4 Å². The molecule has 1 aliphatic heterocycles. The van der Waals surface area contributed by atoms with E-state index in [1.54, 1.807) is 20.0 Å². The summed E-state index contributed by atoms with van der Waals surface area (Å²) in [6.45, 7) is 7.25. The van der Waals surface area contributed by atoms with Crippen LogP contribution in [0.15, 0.2) is 48.9 Å². The number of aliphatic hydroxyl groups is 1. The van der Waals surface area contributed by atoms with Crippen LogP contribution in [-0.4, -0.2) is 24.5 Å². The predicted octanol–water partition coefficient (Wildman–Crippen LogP) is 5.04. The Hall–Kier alpha value is -3.16. The monoisotopic (exact) mass is 432 g/mol. The molecule has 0 saturated carbocycles. The molecule has 6 nitrogen and oxygen atoms in total. The van der Waals surface area contributed by atoms with E-state index in [0.717, 1.165) is 23.4 Å². The second kappa shape index (κ2) is 7.46. The third-order valence-corrected chi connectivity index (χ3v) is 5.99. The average molecular weight is 432 g/mol. The van der Waals surface area contributed by atoms with Crippen LogP contribution in [0.2, 0.25) is 0 Å². The molecule has 0 aliphatic carbocycles. The summed E-state index contributed by atoms with van der Waals surface area (Å²) in [5.41, 5.74) is 4.23. The lowest BCUT2D eigenvalue weighted by atomic mass is 9.99. The van der Waals surface area contributed by atoms with Crippen molar-refractivity contribution in [3.8, 4) is 11.1 Å². The number of aromatic nitrogens is 4. The first kappa shape index (κ1) is 20.7. The maximum absolute atomic E-state index is 15.0. The molecule has 5 rings (SSSR count). The number of ether oxygens (including phenoxy) is 1. The minimum Gasteiger partial charge on any atom is -0.382 e. The van der Waals surface area contributed by atoms with Gasteiger partial charge in [0.25, 0.3) is 0 Å². The molecule has 4 heterocycles. The summed E-state index contributed by atoms with van der Waals surface area (Å²) in [4.78, 5) is 13.1. The molecule has 7 heteroatoms. The van der Waals surface area contributed by atoms with Crippen molar-refractivity contribution in [2.75, 3.05) is 0 Å². The topological polar surface area (TPSA) is 72.5 Å². The first-order valence-electron chi connectivity index (χ1n) is 10.8. The molecule has 1 aliphatic rings. The van der Waals surface area contributed by atoms with Crippen LogP contribution in [0.5, 0.6) is 0 Å². The summed E-state index contributed by atoms with van der Waals surface area (Å²) in [5.74, 6) is -0.128. The highest BCUT2D eigenvalue weighted by Gasteiger charge is 2.34. The van der Waals surface area contributed by atoms with Crippen LogP contribution in [0, 0.1) is 12.7 Å². The standard InChI is InChI=1S/C25H25FN4O2/c1-5-20-16-8-6-7-9-17(16)23(32-20)22-14(2)29-21-10-19(26)18(13-30(21)22)15-11-27-24(28-12-15)25(3,4)31/h6-13,20,23,31H,5H2,1-4H3/t20-,23-/m0/s1. The van der Waals surface area contributed by atoms with E-state index >= 15 is 4.39 Å². The SMILES string of the molecule is CC[C@@H]1O[C@H](c2c(C)nc3cc(F)c(-c4cnc(C(C)(C)O)nc4)cn23)c2ccccc21. The Morgan fingerprint density at radius 1 is 1.16 bits per heavy atom. The van der Waals surface area contributed by atoms with Gasteiger partial charge in [-0.3, -0.25) is 4.40 Å². The second-order valence-corrected chi connectivity index (χ2v) is 8.74. The summed E-state index contributed by atoms with van der Waals surface area (Å²) >= 11 is 0. The highest BCUT2D eigenvalue weighted by Crippen LogP contribution is 2.45. The quantitative estimate of drug-likeness (QED) is 0.489. The van der Waals surface area contributed by atoms with Crippen molar-refractivity contribution in [2.24, 2.45) is 0 Å². The first-order chi connectivity index (χ1) is 15.3. The third-order valence-electron chi connectivity index (χ3n) is 5.99. The Morgan fingerprint density at radius 2 is 1.84 bits per heavy atom. The lowest BCUT2D eigenvalue weighted by Gasteiger charge is -2.16. The lowest BCUT2D eigenvalue weighted by molar-refractivity contribution is 0.0287. The number of hydrogen-bond acceptors (Lipinski definition) is 5. The van der Waals surface area contributed by atoms with Crippen molar-refractivity contribution in [2.45, 2.75) is 51.9 Å². The fourth-order valence-corrected chi connectivity index (χ4v) is 4.39. The van der Waals surface area contributed by atoms with Crippen molar-refractivity contribution in [3.05, 3.63) is 83.1 Å². The fourth-order valence-electron chi connectivity index (χ4n) is 4.39. The van der Waals surface area contributed by atoms with Gasteiger partial charge in [0.05, 0.1) is 17.5 Å². The number of rotatable bonds is 4. The van der Waals surface area contributed by atoms with Crippen LogP contribution in [0.25, 0.3) is 16.8 Å². The Bertz CT molecular complexity index is 1310. The van der Waals surface area contributed by atoms with Gasteiger partial charge in [-0.25, -0.2) is 19.3 Å². The van der Waals surface area contributed by atoms with E-state index in [2.05, 4.69) is 34.0 Å². The number of nitrogens with zero attached hydrogens (tertiary/aromatic N) is 4. The van der Waals surface area contributed by atoms with Crippen molar-refractivity contribution in [1.82, 2.24) is 19.4 Å². The van der Waals surface area contributed by atoms with Crippen LogP contribution in [0.4, 0.5) is 4.39 Å². The van der Waals surface area contributed by atoms with Gasteiger partial charge in [-0.05, 0) is 38.3 Å². The zero-order valence-electron chi connectivity index (χ0n) is 18.5. The van der Waals surface area contributed by atoms with Crippen LogP contribution < -0.4 is 0 Å². The highest BCUT2D eigenvalue weighted by molar-refractivity contribution is 5.65. The fraction of sp³-hybridized carbons (Fsp3) is 0.320. The summed E-state index contributed by atoms with van der Waals surface area (Å²) in [6.07, 6.45) is 5.40. The molecule has 0 radical (unpaired) electrons. The van der Waals surface area contributed by atoms with Gasteiger partial charge in [-0.2, -0.15) is 0 Å². The number of hydrogen-bond donors (Lipinski definition) is 1. The molecular weight excluding hydrogens is 407 g/mol. The molecule has 3 aromatic heterocycles. The molecule has 0 unspecified atom stereocenters. The van der Waals surface area contributed by atoms with E-state index in [-0.39, 0.29) is 18.0 Å². The summed E-state index contributed by atoms with van der Waals surface area (Å²) < 4.78 is 23.4. The van der Waals surface area contributed by atoms with Crippen molar-refractivity contribution < 1.29 is 14.2 Å². The summed E-state index contributed by atoms with van der Waals surface area (Å²) in [6, 6.07) is 9.66. The third kappa shape index (κ3) is 3.29. The van der Waals surface area contributed by atoms with Gasteiger partial charge >= 0.3 is 0 Å². The smallest absolute Gasteiger partial charge is 0.159 e. The summed E-state index contributed by atoms with van der Waals surface area (Å²) in [7, 11) is 0. The van der Waals surface area contributed by atoms with E-state index in [1.807, 2.05) is 23.5 Å². The molecule has 1 N–H and O–H groups in total. The molecular formula is C25H25FN4O2. The van der Waals surface area contributed by atoms with Crippen LogP contribution in [-0.2, 0) is 10.3 Å². The van der Waals surface area contributed by atoms with Gasteiger partial charge in [0.1, 0.15) is 23.2 Å². The van der Waals surface area contributed by atoms with Gasteiger partial charge in [0.2, 0.25) is 0 Å². The van der Waals surface area contributed by atoms with Gasteiger partial charge in [-0.1, -0.05) is 31.2 Å². The zero-order valence-corrected chi connectivity index (χ0v) is 18.5. The molecule has 0 bridgehead atoms. The number of aryl methyl sites for hydroxylation is 1. The van der Waals surface area contributed by atoms with Crippen LogP contribution in [0.1, 0.15) is 67.7 Å². The number of pyridine rings is 1. The molecule has 2 atom stereocenters. The maximum Gasteiger partial charge on any atom is 0.159 e. The molecule has 32 heavy (non-hydrogen) atoms. The zero-order chi connectivity index (χ0) is 22.6. The molecule has 0 saturated heterocycles. The number of benzene rings is 1. The Balaban J connectivity index is 1.64. The normalized spacial score (nSPS) is 18.3. The molecule has 164 valence electrons. The van der Waals surface area contributed by atoms with Gasteiger partial charge in [0, 0.05) is 35.8 Å². The molecule has 0 amide bonds. The van der Waals surface area contributed by atoms with E-state index in [0.29, 0.717) is 16.8 Å². The first-order valence-corrected chi connectivity index (χ1v) is 10.8. The second-order valence-electron chi connectivity index (χ2n) is 8.74. The Labute approximate surface area is 185 Å². The van der Waals surface area contributed by atoms with E-state index in [1.165, 1.54) is 24.0 Å². The van der Waals surface area contributed by atoms with Crippen molar-refractivity contribution >= 4 is 5.65 Å². The van der Waals surface area contributed by atoms with Gasteiger partial charge in [-0.15, -0.1) is 0 Å². The Kier molecular flexibility index (Phi) is 4.83. The number of fused-ring (bicyclic) bond motifs is 2. The molecule has 0 spiro atoms.